The monoisotopic (exact) mass is 1210 g/mol. The van der Waals surface area contributed by atoms with Gasteiger partial charge in [0, 0.05) is 37.9 Å². The van der Waals surface area contributed by atoms with Gasteiger partial charge in [-0.3, -0.25) is 52.9 Å². The molecule has 1 saturated heterocycles. The number of amides is 10. The summed E-state index contributed by atoms with van der Waals surface area (Å²) in [5.74, 6) is -7.38. The molecule has 2 heterocycles. The molecular formula is C54H98N22O10. The zero-order valence-electron chi connectivity index (χ0n) is 50.1. The number of likely N-dealkylation sites (N-methyl/N-ethyl adjacent to an activating group) is 1. The van der Waals surface area contributed by atoms with Gasteiger partial charge in [-0.25, -0.2) is 9.98 Å². The van der Waals surface area contributed by atoms with Crippen molar-refractivity contribution in [1.82, 2.24) is 62.7 Å². The van der Waals surface area contributed by atoms with Crippen molar-refractivity contribution in [2.45, 2.75) is 165 Å². The number of aliphatic imine (C=N–C) groups is 2. The number of H-pyrrole nitrogens is 1. The van der Waals surface area contributed by atoms with Crippen LogP contribution in [0.5, 0.6) is 0 Å². The zero-order valence-corrected chi connectivity index (χ0v) is 50.1. The second-order valence-electron chi connectivity index (χ2n) is 20.7. The first-order valence-corrected chi connectivity index (χ1v) is 29.7. The molecule has 2 rings (SSSR count). The van der Waals surface area contributed by atoms with Gasteiger partial charge in [-0.1, -0.05) is 12.5 Å². The van der Waals surface area contributed by atoms with Crippen LogP contribution in [0.2, 0.25) is 0 Å². The van der Waals surface area contributed by atoms with E-state index in [-0.39, 0.29) is 101 Å². The van der Waals surface area contributed by atoms with Crippen molar-refractivity contribution in [3.05, 3.63) is 30.0 Å². The molecule has 0 aromatic carbocycles. The number of guanidine groups is 1. The molecule has 0 aliphatic carbocycles. The molecule has 0 bridgehead atoms. The number of nitrogens with two attached hydrogens (primary N) is 8. The van der Waals surface area contributed by atoms with E-state index in [4.69, 9.17) is 45.9 Å². The van der Waals surface area contributed by atoms with Gasteiger partial charge in [0.1, 0.15) is 47.7 Å². The molecular weight excluding hydrogens is 1120 g/mol. The second kappa shape index (κ2) is 43.2. The molecule has 0 radical (unpaired) electrons. The van der Waals surface area contributed by atoms with E-state index in [1.165, 1.54) is 30.4 Å². The third kappa shape index (κ3) is 28.6. The Kier molecular flexibility index (Phi) is 37.5. The van der Waals surface area contributed by atoms with Crippen LogP contribution in [0.15, 0.2) is 34.3 Å². The molecule has 484 valence electrons. The minimum atomic E-state index is -1.38. The molecule has 0 spiro atoms. The number of likely N-dealkylation sites (tertiary alicyclic amines) is 1. The number of hydrogen-bond acceptors (Lipinski definition) is 19. The van der Waals surface area contributed by atoms with Gasteiger partial charge in [0.25, 0.3) is 17.7 Å². The summed E-state index contributed by atoms with van der Waals surface area (Å²) >= 11 is 0. The number of aromatic nitrogens is 2. The van der Waals surface area contributed by atoms with Gasteiger partial charge >= 0.3 is 0 Å². The van der Waals surface area contributed by atoms with E-state index in [2.05, 4.69) is 67.8 Å². The molecule has 86 heavy (non-hydrogen) atoms. The fraction of sp³-hybridized carbons (Fsp3) is 0.685. The topological polar surface area (TPSA) is 544 Å². The highest BCUT2D eigenvalue weighted by Gasteiger charge is 2.39. The number of aromatic amines is 1. The standard InChI is InChI=1S/C54H98N22O10/c1-34(69-48(81)40(20-26-60)74-47(80)36(63-2)14-3-6-21-55)45(78)67-32-44(77)70-41(17-11-25-59)53(86)76-29-13-19-43(76)52(85)75-42(30-35-31-64-33-68-35)51(84)73-38(16-5-8-23-57)49(82)72-39(18-12-28-66-54(61)62)50(83)71-37(15-4-7-22-56)46(79)65-27-10-9-24-58/h18,31,33-34,36-38,40,42-43,63H,3-17,19-30,32,55-60H2,1-2H3,(H,64,68)(H,65,79)(H,67,78)(H,69,81)(H,71,83)(H,72,82)(H,73,84)(H,74,80)(H,75,85)(H4,61,62,66)/b39-18-,70-41?/t34-,36-,37-,38-,40-,42-,43-/m0/s1. The lowest BCUT2D eigenvalue weighted by Gasteiger charge is -2.28. The molecule has 1 aliphatic rings. The lowest BCUT2D eigenvalue weighted by molar-refractivity contribution is -0.136. The van der Waals surface area contributed by atoms with Crippen molar-refractivity contribution < 1.29 is 47.9 Å². The fourth-order valence-electron chi connectivity index (χ4n) is 8.97. The number of nitrogens with one attached hydrogen (secondary N) is 10. The molecule has 10 amide bonds. The first-order valence-electron chi connectivity index (χ1n) is 29.7. The van der Waals surface area contributed by atoms with E-state index in [0.717, 1.165) is 0 Å². The summed E-state index contributed by atoms with van der Waals surface area (Å²) in [6.07, 6.45) is 10.2. The van der Waals surface area contributed by atoms with Crippen LogP contribution in [0.4, 0.5) is 0 Å². The number of unbranched alkanes of at least 4 members (excludes halogenated alkanes) is 4. The summed E-state index contributed by atoms with van der Waals surface area (Å²) in [7, 11) is 1.62. The Morgan fingerprint density at radius 1 is 0.663 bits per heavy atom. The molecule has 0 saturated carbocycles. The van der Waals surface area contributed by atoms with Crippen molar-refractivity contribution in [3.63, 3.8) is 0 Å². The Labute approximate surface area is 503 Å². The molecule has 1 aromatic rings. The molecule has 1 fully saturated rings. The SMILES string of the molecule is CN[C@@H](CCCCN)C(=O)N[C@@H](CCN)C(=O)N[C@@H](C)C(=O)NCC(=O)N=C(CCCN)C(=O)N1CCC[C@H]1C(=O)N[C@@H](Cc1cnc[nH]1)C(=O)N[C@@H](CCCCN)C(=O)N/C(=C\CCN=C(N)N)C(=O)N[C@@H](CCCCN)C(=O)NCCCCN. The fourth-order valence-corrected chi connectivity index (χ4v) is 8.97. The molecule has 1 aromatic heterocycles. The molecule has 32 heteroatoms. The van der Waals surface area contributed by atoms with Crippen molar-refractivity contribution >= 4 is 70.7 Å². The summed E-state index contributed by atoms with van der Waals surface area (Å²) in [6.45, 7) is 2.81. The van der Waals surface area contributed by atoms with Crippen molar-refractivity contribution in [2.75, 3.05) is 72.5 Å². The molecule has 1 aliphatic heterocycles. The lowest BCUT2D eigenvalue weighted by Crippen LogP contribution is -2.57. The van der Waals surface area contributed by atoms with Gasteiger partial charge < -0.3 is 104 Å². The van der Waals surface area contributed by atoms with E-state index in [0.29, 0.717) is 96.1 Å². The smallest absolute Gasteiger partial charge is 0.269 e. The Morgan fingerprint density at radius 3 is 1.83 bits per heavy atom. The van der Waals surface area contributed by atoms with E-state index < -0.39 is 108 Å². The van der Waals surface area contributed by atoms with Crippen LogP contribution in [0.1, 0.15) is 122 Å². The highest BCUT2D eigenvalue weighted by atomic mass is 16.2. The Morgan fingerprint density at radius 2 is 1.24 bits per heavy atom. The third-order valence-electron chi connectivity index (χ3n) is 13.8. The van der Waals surface area contributed by atoms with Crippen LogP contribution >= 0.6 is 0 Å². The van der Waals surface area contributed by atoms with Crippen molar-refractivity contribution in [3.8, 4) is 0 Å². The average Bonchev–Trinajstić information content (AvgIpc) is 4.22. The van der Waals surface area contributed by atoms with Gasteiger partial charge in [0.15, 0.2) is 5.96 Å². The highest BCUT2D eigenvalue weighted by Crippen LogP contribution is 2.20. The number of imidazole rings is 1. The maximum Gasteiger partial charge on any atom is 0.269 e. The first-order chi connectivity index (χ1) is 41.3. The van der Waals surface area contributed by atoms with E-state index in [1.807, 2.05) is 0 Å². The second-order valence-corrected chi connectivity index (χ2v) is 20.7. The van der Waals surface area contributed by atoms with Crippen LogP contribution in [-0.4, -0.2) is 200 Å². The quantitative estimate of drug-likeness (QED) is 0.0125. The molecule has 26 N–H and O–H groups in total. The molecule has 32 nitrogen and oxygen atoms in total. The Balaban J connectivity index is 2.36. The molecule has 7 atom stereocenters. The number of carbonyl (C=O) groups excluding carboxylic acids is 10. The van der Waals surface area contributed by atoms with Gasteiger partial charge in [-0.15, -0.1) is 0 Å². The molecule has 0 unspecified atom stereocenters. The summed E-state index contributed by atoms with van der Waals surface area (Å²) in [6, 6.07) is -7.70. The van der Waals surface area contributed by atoms with E-state index in [9.17, 15) is 47.9 Å². The maximum atomic E-state index is 14.5. The van der Waals surface area contributed by atoms with Crippen molar-refractivity contribution in [1.29, 1.82) is 0 Å². The lowest BCUT2D eigenvalue weighted by atomic mass is 10.1. The van der Waals surface area contributed by atoms with Crippen LogP contribution in [0.25, 0.3) is 0 Å². The number of carbonyl (C=O) groups is 10. The van der Waals surface area contributed by atoms with Crippen molar-refractivity contribution in [2.24, 2.45) is 55.9 Å². The summed E-state index contributed by atoms with van der Waals surface area (Å²) < 4.78 is 0. The van der Waals surface area contributed by atoms with Crippen LogP contribution in [-0.2, 0) is 54.4 Å². The van der Waals surface area contributed by atoms with Gasteiger partial charge in [0.2, 0.25) is 41.4 Å². The van der Waals surface area contributed by atoms with Gasteiger partial charge in [-0.2, -0.15) is 0 Å². The largest absolute Gasteiger partial charge is 0.370 e. The van der Waals surface area contributed by atoms with E-state index >= 15 is 0 Å². The average molecular weight is 1220 g/mol. The van der Waals surface area contributed by atoms with E-state index in [1.54, 1.807) is 7.05 Å². The number of rotatable bonds is 44. The van der Waals surface area contributed by atoms with Crippen LogP contribution in [0, 0.1) is 0 Å². The minimum absolute atomic E-state index is 0.0342. The van der Waals surface area contributed by atoms with Crippen LogP contribution < -0.4 is 93.7 Å². The summed E-state index contributed by atoms with van der Waals surface area (Å²) in [5.41, 5.74) is 45.2. The third-order valence-corrected chi connectivity index (χ3v) is 13.8. The first kappa shape index (κ1) is 74.6. The van der Waals surface area contributed by atoms with Crippen LogP contribution in [0.3, 0.4) is 0 Å². The maximum absolute atomic E-state index is 14.5. The highest BCUT2D eigenvalue weighted by molar-refractivity contribution is 6.40. The summed E-state index contributed by atoms with van der Waals surface area (Å²) in [4.78, 5) is 154. The minimum Gasteiger partial charge on any atom is -0.370 e. The predicted molar refractivity (Wildman–Crippen MR) is 324 cm³/mol. The number of nitrogens with zero attached hydrogens (tertiary/aromatic N) is 4. The van der Waals surface area contributed by atoms with Gasteiger partial charge in [-0.05, 0) is 156 Å². The van der Waals surface area contributed by atoms with Gasteiger partial charge in [0.05, 0.1) is 18.9 Å². The zero-order chi connectivity index (χ0) is 63.8. The Hall–Kier alpha value is -7.49. The summed E-state index contributed by atoms with van der Waals surface area (Å²) in [5, 5.41) is 24.2. The Bertz CT molecular complexity index is 2390. The normalized spacial score (nSPS) is 15.4. The number of hydrogen-bond donors (Lipinski definition) is 18. The predicted octanol–water partition coefficient (Wildman–Crippen LogP) is -5.95.